The maximum absolute atomic E-state index is 11.0. The molecule has 0 atom stereocenters. The smallest absolute Gasteiger partial charge is 0.337 e. The molecule has 0 aromatic heterocycles. The number of carbonyl (C=O) groups excluding carboxylic acids is 1. The minimum absolute atomic E-state index is 0.0260. The molecule has 0 aliphatic heterocycles. The zero-order valence-electron chi connectivity index (χ0n) is 10.4. The Hall–Kier alpha value is -2.91. The van der Waals surface area contributed by atoms with Crippen LogP contribution in [-0.2, 0) is 11.4 Å². The molecule has 0 aliphatic carbocycles. The highest BCUT2D eigenvalue weighted by Crippen LogP contribution is 2.25. The fourth-order valence-corrected chi connectivity index (χ4v) is 1.66. The Bertz CT molecular complexity index is 661. The van der Waals surface area contributed by atoms with Gasteiger partial charge < -0.3 is 9.84 Å². The van der Waals surface area contributed by atoms with Crippen molar-refractivity contribution in [1.82, 2.24) is 0 Å². The lowest BCUT2D eigenvalue weighted by Gasteiger charge is -2.07. The third-order valence-electron chi connectivity index (χ3n) is 2.61. The van der Waals surface area contributed by atoms with E-state index in [0.29, 0.717) is 12.4 Å². The Balaban J connectivity index is 2.19. The van der Waals surface area contributed by atoms with Gasteiger partial charge >= 0.3 is 5.97 Å². The van der Waals surface area contributed by atoms with Crippen molar-refractivity contribution in [2.75, 3.05) is 0 Å². The highest BCUT2D eigenvalue weighted by molar-refractivity contribution is 5.94. The van der Waals surface area contributed by atoms with Crippen molar-refractivity contribution in [1.29, 1.82) is 0 Å². The van der Waals surface area contributed by atoms with Gasteiger partial charge in [-0.15, -0.1) is 0 Å². The van der Waals surface area contributed by atoms with Crippen LogP contribution < -0.4 is 4.74 Å². The van der Waals surface area contributed by atoms with Gasteiger partial charge in [0.2, 0.25) is 6.08 Å². The minimum Gasteiger partial charge on any atom is -0.489 e. The molecule has 20 heavy (non-hydrogen) atoms. The molecule has 5 nitrogen and oxygen atoms in total. The highest BCUT2D eigenvalue weighted by atomic mass is 16.5. The molecular weight excluding hydrogens is 258 g/mol. The molecule has 5 heteroatoms. The average Bonchev–Trinajstić information content (AvgIpc) is 2.46. The summed E-state index contributed by atoms with van der Waals surface area (Å²) in [6, 6.07) is 13.8. The van der Waals surface area contributed by atoms with E-state index in [4.69, 9.17) is 9.84 Å². The van der Waals surface area contributed by atoms with Crippen LogP contribution in [0.2, 0.25) is 0 Å². The first-order valence-corrected chi connectivity index (χ1v) is 5.82. The van der Waals surface area contributed by atoms with Crippen LogP contribution in [0.4, 0.5) is 5.69 Å². The van der Waals surface area contributed by atoms with Crippen molar-refractivity contribution in [2.24, 2.45) is 4.99 Å². The largest absolute Gasteiger partial charge is 0.489 e. The number of isocyanates is 1. The third-order valence-corrected chi connectivity index (χ3v) is 2.61. The first-order valence-electron chi connectivity index (χ1n) is 5.82. The van der Waals surface area contributed by atoms with Crippen molar-refractivity contribution >= 4 is 17.7 Å². The molecule has 0 heterocycles. The van der Waals surface area contributed by atoms with Crippen molar-refractivity contribution < 1.29 is 19.4 Å². The van der Waals surface area contributed by atoms with E-state index in [0.717, 1.165) is 5.56 Å². The predicted octanol–water partition coefficient (Wildman–Crippen LogP) is 2.93. The van der Waals surface area contributed by atoms with E-state index < -0.39 is 5.97 Å². The van der Waals surface area contributed by atoms with Crippen molar-refractivity contribution in [2.45, 2.75) is 6.61 Å². The molecule has 0 amide bonds. The second kappa shape index (κ2) is 6.31. The van der Waals surface area contributed by atoms with Gasteiger partial charge in [-0.2, -0.15) is 4.99 Å². The van der Waals surface area contributed by atoms with Gasteiger partial charge in [-0.1, -0.05) is 30.3 Å². The lowest BCUT2D eigenvalue weighted by molar-refractivity contribution is 0.0698. The molecule has 0 spiro atoms. The second-order valence-electron chi connectivity index (χ2n) is 3.96. The maximum atomic E-state index is 11.0. The number of aliphatic imine (C=N–C) groups is 1. The zero-order valence-corrected chi connectivity index (χ0v) is 10.4. The number of carbonyl (C=O) groups is 1. The number of nitrogens with zero attached hydrogens (tertiary/aromatic N) is 1. The Morgan fingerprint density at radius 3 is 2.60 bits per heavy atom. The molecule has 2 rings (SSSR count). The number of carboxylic acids is 1. The Labute approximate surface area is 115 Å². The second-order valence-corrected chi connectivity index (χ2v) is 3.96. The maximum Gasteiger partial charge on any atom is 0.337 e. The van der Waals surface area contributed by atoms with Gasteiger partial charge in [-0.3, -0.25) is 0 Å². The summed E-state index contributed by atoms with van der Waals surface area (Å²) in [4.78, 5) is 24.6. The van der Waals surface area contributed by atoms with Crippen molar-refractivity contribution in [3.05, 3.63) is 59.7 Å². The number of ether oxygens (including phenoxy) is 1. The number of carboxylic acid groups (broad SMARTS) is 1. The van der Waals surface area contributed by atoms with Crippen LogP contribution in [0, 0.1) is 0 Å². The highest BCUT2D eigenvalue weighted by Gasteiger charge is 2.10. The topological polar surface area (TPSA) is 76.0 Å². The lowest BCUT2D eigenvalue weighted by atomic mass is 10.1. The van der Waals surface area contributed by atoms with E-state index in [1.807, 2.05) is 30.3 Å². The van der Waals surface area contributed by atoms with Gasteiger partial charge in [0, 0.05) is 6.07 Å². The Kier molecular flexibility index (Phi) is 4.27. The Morgan fingerprint density at radius 1 is 1.20 bits per heavy atom. The predicted molar refractivity (Wildman–Crippen MR) is 72.0 cm³/mol. The third kappa shape index (κ3) is 3.31. The molecule has 0 bridgehead atoms. The molecule has 0 aliphatic rings. The molecule has 100 valence electrons. The van der Waals surface area contributed by atoms with E-state index in [1.54, 1.807) is 0 Å². The summed E-state index contributed by atoms with van der Waals surface area (Å²) >= 11 is 0. The van der Waals surface area contributed by atoms with Crippen molar-refractivity contribution in [3.63, 3.8) is 0 Å². The monoisotopic (exact) mass is 269 g/mol. The normalized spacial score (nSPS) is 9.60. The SMILES string of the molecule is O=C=Nc1cc(OCc2ccccc2)ccc1C(=O)O. The molecule has 0 saturated carbocycles. The van der Waals surface area contributed by atoms with Gasteiger partial charge in [-0.05, 0) is 17.7 Å². The first kappa shape index (κ1) is 13.5. The molecule has 2 aromatic rings. The van der Waals surface area contributed by atoms with Crippen molar-refractivity contribution in [3.8, 4) is 5.75 Å². The molecule has 0 unspecified atom stereocenters. The molecule has 0 saturated heterocycles. The number of hydrogen-bond acceptors (Lipinski definition) is 4. The number of benzene rings is 2. The van der Waals surface area contributed by atoms with Crippen LogP contribution in [0.15, 0.2) is 53.5 Å². The number of aromatic carboxylic acids is 1. The summed E-state index contributed by atoms with van der Waals surface area (Å²) < 4.78 is 5.53. The molecule has 0 radical (unpaired) electrons. The fourth-order valence-electron chi connectivity index (χ4n) is 1.66. The average molecular weight is 269 g/mol. The summed E-state index contributed by atoms with van der Waals surface area (Å²) in [7, 11) is 0. The molecule has 0 fully saturated rings. The summed E-state index contributed by atoms with van der Waals surface area (Å²) in [6.07, 6.45) is 1.34. The van der Waals surface area contributed by atoms with Crippen LogP contribution in [0.5, 0.6) is 5.75 Å². The first-order chi connectivity index (χ1) is 9.70. The van der Waals surface area contributed by atoms with E-state index in [-0.39, 0.29) is 11.3 Å². The van der Waals surface area contributed by atoms with Gasteiger partial charge in [0.1, 0.15) is 12.4 Å². The summed E-state index contributed by atoms with van der Waals surface area (Å²) in [5, 5.41) is 8.96. The van der Waals surface area contributed by atoms with Gasteiger partial charge in [0.25, 0.3) is 0 Å². The van der Waals surface area contributed by atoms with Gasteiger partial charge in [0.15, 0.2) is 0 Å². The van der Waals surface area contributed by atoms with E-state index in [9.17, 15) is 9.59 Å². The van der Waals surface area contributed by atoms with Crippen LogP contribution in [0.3, 0.4) is 0 Å². The number of rotatable bonds is 5. The van der Waals surface area contributed by atoms with E-state index >= 15 is 0 Å². The molecule has 1 N–H and O–H groups in total. The van der Waals surface area contributed by atoms with Crippen LogP contribution in [0.1, 0.15) is 15.9 Å². The van der Waals surface area contributed by atoms with Gasteiger partial charge in [0.05, 0.1) is 11.3 Å². The fraction of sp³-hybridized carbons (Fsp3) is 0.0667. The van der Waals surface area contributed by atoms with Crippen LogP contribution in [-0.4, -0.2) is 17.2 Å². The van der Waals surface area contributed by atoms with Gasteiger partial charge in [-0.25, -0.2) is 9.59 Å². The van der Waals surface area contributed by atoms with Crippen LogP contribution in [0.25, 0.3) is 0 Å². The Morgan fingerprint density at radius 2 is 1.95 bits per heavy atom. The quantitative estimate of drug-likeness (QED) is 0.668. The summed E-state index contributed by atoms with van der Waals surface area (Å²) in [6.45, 7) is 0.345. The summed E-state index contributed by atoms with van der Waals surface area (Å²) in [5.41, 5.74) is 0.939. The van der Waals surface area contributed by atoms with E-state index in [1.165, 1.54) is 24.3 Å². The minimum atomic E-state index is -1.16. The zero-order chi connectivity index (χ0) is 14.4. The lowest BCUT2D eigenvalue weighted by Crippen LogP contribution is -1.99. The molecule has 2 aromatic carbocycles. The number of hydrogen-bond donors (Lipinski definition) is 1. The van der Waals surface area contributed by atoms with Crippen LogP contribution >= 0.6 is 0 Å². The summed E-state index contributed by atoms with van der Waals surface area (Å²) in [5.74, 6) is -0.721. The standard InChI is InChI=1S/C15H11NO4/c17-10-16-14-8-12(6-7-13(14)15(18)19)20-9-11-4-2-1-3-5-11/h1-8H,9H2,(H,18,19). The van der Waals surface area contributed by atoms with E-state index in [2.05, 4.69) is 4.99 Å². The molecular formula is C15H11NO4.